The van der Waals surface area contributed by atoms with Gasteiger partial charge in [-0.05, 0) is 72.9 Å². The zero-order chi connectivity index (χ0) is 35.8. The fraction of sp³-hybridized carbons (Fsp3) is 0.513. The van der Waals surface area contributed by atoms with Crippen molar-refractivity contribution >= 4 is 45.9 Å². The van der Waals surface area contributed by atoms with E-state index in [1.54, 1.807) is 11.0 Å². The second-order valence-electron chi connectivity index (χ2n) is 16.0. The molecule has 3 amide bonds. The highest BCUT2D eigenvalue weighted by atomic mass is 16.3. The van der Waals surface area contributed by atoms with Gasteiger partial charge < -0.3 is 25.1 Å². The van der Waals surface area contributed by atoms with Crippen LogP contribution in [0.25, 0.3) is 22.2 Å². The highest BCUT2D eigenvalue weighted by Crippen LogP contribution is 2.52. The molecule has 4 saturated heterocycles. The Bertz CT molecular complexity index is 2070. The number of imide groups is 1. The van der Waals surface area contributed by atoms with Gasteiger partial charge in [0.2, 0.25) is 5.91 Å². The molecule has 2 aromatic heterocycles. The van der Waals surface area contributed by atoms with Crippen LogP contribution in [0.4, 0.5) is 27.8 Å². The van der Waals surface area contributed by atoms with Crippen LogP contribution in [0.1, 0.15) is 19.3 Å². The third-order valence-electron chi connectivity index (χ3n) is 12.9. The maximum absolute atomic E-state index is 12.5. The SMILES string of the molecule is Cn1nc(N2CCC(=O)NC2=O)c2ccc(N3CCC(CN4CC5C(CN6CCN7c8cc(-c9ccccc9O)nnc8NC[C@H]7C6)[C@H]5C4)CC3)cc21. The number of phenols is 1. The van der Waals surface area contributed by atoms with Crippen molar-refractivity contribution in [2.45, 2.75) is 25.3 Å². The number of para-hydroxylation sites is 1. The Kier molecular flexibility index (Phi) is 7.94. The molecule has 5 fully saturated rings. The number of piperidine rings is 2. The van der Waals surface area contributed by atoms with Crippen LogP contribution in [0.5, 0.6) is 5.75 Å². The first-order chi connectivity index (χ1) is 25.9. The summed E-state index contributed by atoms with van der Waals surface area (Å²) in [5, 5.41) is 30.8. The summed E-state index contributed by atoms with van der Waals surface area (Å²) in [6.45, 7) is 11.4. The highest BCUT2D eigenvalue weighted by Gasteiger charge is 2.56. The van der Waals surface area contributed by atoms with E-state index < -0.39 is 6.03 Å². The zero-order valence-electron chi connectivity index (χ0n) is 30.2. The Morgan fingerprint density at radius 1 is 0.887 bits per heavy atom. The number of piperazine rings is 1. The molecule has 3 N–H and O–H groups in total. The number of carbonyl (C=O) groups is 2. The van der Waals surface area contributed by atoms with Gasteiger partial charge in [-0.2, -0.15) is 5.10 Å². The number of likely N-dealkylation sites (tertiary alicyclic amines) is 1. The zero-order valence-corrected chi connectivity index (χ0v) is 30.2. The second-order valence-corrected chi connectivity index (χ2v) is 16.0. The molecule has 2 unspecified atom stereocenters. The predicted molar refractivity (Wildman–Crippen MR) is 203 cm³/mol. The van der Waals surface area contributed by atoms with E-state index in [9.17, 15) is 14.7 Å². The summed E-state index contributed by atoms with van der Waals surface area (Å²) in [4.78, 5) is 36.2. The average Bonchev–Trinajstić information content (AvgIpc) is 3.44. The van der Waals surface area contributed by atoms with Crippen molar-refractivity contribution in [2.24, 2.45) is 30.7 Å². The van der Waals surface area contributed by atoms with Gasteiger partial charge in [0.15, 0.2) is 11.6 Å². The number of anilines is 4. The lowest BCUT2D eigenvalue weighted by atomic mass is 9.95. The van der Waals surface area contributed by atoms with Crippen molar-refractivity contribution in [3.8, 4) is 17.0 Å². The fourth-order valence-electron chi connectivity index (χ4n) is 9.92. The largest absolute Gasteiger partial charge is 0.507 e. The molecule has 4 atom stereocenters. The fourth-order valence-corrected chi connectivity index (χ4v) is 9.92. The van der Waals surface area contributed by atoms with Crippen LogP contribution in [0.3, 0.4) is 0 Å². The maximum atomic E-state index is 12.5. The molecule has 0 spiro atoms. The number of phenolic OH excluding ortho intramolecular Hbond substituents is 1. The lowest BCUT2D eigenvalue weighted by Crippen LogP contribution is -2.58. The van der Waals surface area contributed by atoms with Crippen LogP contribution in [0.15, 0.2) is 48.5 Å². The van der Waals surface area contributed by atoms with E-state index in [1.807, 2.05) is 29.9 Å². The lowest BCUT2D eigenvalue weighted by molar-refractivity contribution is -0.120. The molecule has 1 aliphatic carbocycles. The van der Waals surface area contributed by atoms with E-state index in [-0.39, 0.29) is 18.1 Å². The molecule has 4 aromatic rings. The van der Waals surface area contributed by atoms with Crippen LogP contribution in [-0.2, 0) is 11.8 Å². The molecular weight excluding hydrogens is 671 g/mol. The van der Waals surface area contributed by atoms with Gasteiger partial charge in [-0.3, -0.25) is 24.6 Å². The van der Waals surface area contributed by atoms with Crippen molar-refractivity contribution in [1.29, 1.82) is 0 Å². The molecule has 1 saturated carbocycles. The van der Waals surface area contributed by atoms with Crippen LogP contribution < -0.4 is 25.3 Å². The average molecular weight is 718 g/mol. The van der Waals surface area contributed by atoms with E-state index in [0.717, 1.165) is 85.3 Å². The number of aryl methyl sites for hydroxylation is 1. The van der Waals surface area contributed by atoms with Crippen molar-refractivity contribution in [1.82, 2.24) is 35.1 Å². The number of amides is 3. The minimum Gasteiger partial charge on any atom is -0.507 e. The van der Waals surface area contributed by atoms with Gasteiger partial charge in [0, 0.05) is 102 Å². The molecule has 276 valence electrons. The minimum absolute atomic E-state index is 0.227. The van der Waals surface area contributed by atoms with Gasteiger partial charge >= 0.3 is 6.03 Å². The Balaban J connectivity index is 0.695. The summed E-state index contributed by atoms with van der Waals surface area (Å²) in [5.41, 5.74) is 4.70. The monoisotopic (exact) mass is 717 g/mol. The van der Waals surface area contributed by atoms with Gasteiger partial charge in [0.25, 0.3) is 0 Å². The smallest absolute Gasteiger partial charge is 0.329 e. The summed E-state index contributed by atoms with van der Waals surface area (Å²) < 4.78 is 1.84. The van der Waals surface area contributed by atoms with E-state index in [1.165, 1.54) is 44.7 Å². The summed E-state index contributed by atoms with van der Waals surface area (Å²) >= 11 is 0. The molecule has 5 aliphatic heterocycles. The normalized spacial score (nSPS) is 26.3. The number of fused-ring (bicyclic) bond motifs is 5. The molecule has 6 aliphatic rings. The number of aromatic nitrogens is 4. The third kappa shape index (κ3) is 5.92. The Morgan fingerprint density at radius 3 is 2.53 bits per heavy atom. The predicted octanol–water partition coefficient (Wildman–Crippen LogP) is 3.19. The van der Waals surface area contributed by atoms with Gasteiger partial charge in [-0.15, -0.1) is 10.2 Å². The first-order valence-corrected chi connectivity index (χ1v) is 19.3. The summed E-state index contributed by atoms with van der Waals surface area (Å²) in [6.07, 6.45) is 2.69. The first kappa shape index (κ1) is 32.7. The lowest BCUT2D eigenvalue weighted by Gasteiger charge is -2.46. The molecule has 14 nitrogen and oxygen atoms in total. The van der Waals surface area contributed by atoms with Gasteiger partial charge in [-0.1, -0.05) is 12.1 Å². The molecule has 0 bridgehead atoms. The van der Waals surface area contributed by atoms with Crippen LogP contribution in [-0.4, -0.2) is 125 Å². The molecule has 7 heterocycles. The minimum atomic E-state index is -0.404. The van der Waals surface area contributed by atoms with Crippen molar-refractivity contribution in [3.63, 3.8) is 0 Å². The van der Waals surface area contributed by atoms with Crippen LogP contribution in [0, 0.1) is 23.7 Å². The Hall–Kier alpha value is -4.95. The van der Waals surface area contributed by atoms with Crippen molar-refractivity contribution in [3.05, 3.63) is 48.5 Å². The number of urea groups is 1. The first-order valence-electron chi connectivity index (χ1n) is 19.3. The van der Waals surface area contributed by atoms with Crippen LogP contribution in [0.2, 0.25) is 0 Å². The number of rotatable bonds is 7. The number of nitrogens with zero attached hydrogens (tertiary/aromatic N) is 9. The summed E-state index contributed by atoms with van der Waals surface area (Å²) in [6, 6.07) is 15.8. The number of hydrogen-bond acceptors (Lipinski definition) is 11. The number of benzene rings is 2. The molecule has 14 heteroatoms. The molecule has 53 heavy (non-hydrogen) atoms. The number of nitrogens with one attached hydrogen (secondary N) is 2. The summed E-state index contributed by atoms with van der Waals surface area (Å²) in [5.74, 6) is 4.70. The standard InChI is InChI=1S/C39H47N11O3/c1-45-33-16-25(6-7-28(33)38(44-45)50-13-10-36(52)41-39(50)53)48-11-8-24(9-12-48)19-47-22-30-29(31(30)23-47)21-46-14-15-49-26(20-46)18-40-37-34(49)17-32(42-43-37)27-4-2-3-5-35(27)51/h2-7,16-17,24,26,29-31,51H,8-15,18-23H2,1H3,(H,40,43)(H,41,52,53)/t26-,29?,30+,31?/m0/s1. The quantitative estimate of drug-likeness (QED) is 0.260. The van der Waals surface area contributed by atoms with Crippen molar-refractivity contribution < 1.29 is 14.7 Å². The van der Waals surface area contributed by atoms with E-state index in [4.69, 9.17) is 0 Å². The molecular formula is C39H47N11O3. The van der Waals surface area contributed by atoms with E-state index in [0.29, 0.717) is 29.7 Å². The molecule has 10 rings (SSSR count). The highest BCUT2D eigenvalue weighted by molar-refractivity contribution is 6.09. The van der Waals surface area contributed by atoms with Gasteiger partial charge in [0.1, 0.15) is 5.75 Å². The topological polar surface area (TPSA) is 138 Å². The maximum Gasteiger partial charge on any atom is 0.329 e. The molecule has 0 radical (unpaired) electrons. The van der Waals surface area contributed by atoms with Gasteiger partial charge in [0.05, 0.1) is 22.9 Å². The third-order valence-corrected chi connectivity index (χ3v) is 12.9. The number of hydrogen-bond donors (Lipinski definition) is 3. The molecule has 2 aromatic carbocycles. The van der Waals surface area contributed by atoms with Gasteiger partial charge in [-0.25, -0.2) is 4.79 Å². The summed E-state index contributed by atoms with van der Waals surface area (Å²) in [7, 11) is 1.92. The number of carbonyl (C=O) groups excluding carboxylic acids is 2. The Morgan fingerprint density at radius 2 is 1.72 bits per heavy atom. The van der Waals surface area contributed by atoms with E-state index >= 15 is 0 Å². The van der Waals surface area contributed by atoms with E-state index in [2.05, 4.69) is 69.8 Å². The Labute approximate surface area is 308 Å². The van der Waals surface area contributed by atoms with Crippen molar-refractivity contribution in [2.75, 3.05) is 92.0 Å². The second kappa shape index (κ2) is 12.9. The number of aromatic hydroxyl groups is 1. The van der Waals surface area contributed by atoms with Crippen LogP contribution >= 0.6 is 0 Å².